The van der Waals surface area contributed by atoms with Gasteiger partial charge in [0.25, 0.3) is 0 Å². The zero-order chi connectivity index (χ0) is 33.7. The molecule has 0 radical (unpaired) electrons. The zero-order valence-electron chi connectivity index (χ0n) is 27.8. The summed E-state index contributed by atoms with van der Waals surface area (Å²) in [7, 11) is 0. The van der Waals surface area contributed by atoms with Crippen molar-refractivity contribution in [2.24, 2.45) is 0 Å². The molecule has 3 heteroatoms. The Kier molecular flexibility index (Phi) is 7.04. The van der Waals surface area contributed by atoms with Crippen molar-refractivity contribution in [3.63, 3.8) is 0 Å². The van der Waals surface area contributed by atoms with Crippen LogP contribution in [-0.4, -0.2) is 4.57 Å². The summed E-state index contributed by atoms with van der Waals surface area (Å²) in [6, 6.07) is 70.3. The van der Waals surface area contributed by atoms with Crippen LogP contribution in [0.2, 0.25) is 0 Å². The Labute approximate surface area is 300 Å². The molecule has 240 valence electrons. The summed E-state index contributed by atoms with van der Waals surface area (Å²) in [5.74, 6) is 0. The molecule has 0 spiro atoms. The average Bonchev–Trinajstić information content (AvgIpc) is 3.74. The Morgan fingerprint density at radius 1 is 0.373 bits per heavy atom. The first kappa shape index (κ1) is 29.5. The molecular formula is C48H32N2S. The first-order valence-electron chi connectivity index (χ1n) is 17.4. The van der Waals surface area contributed by atoms with Gasteiger partial charge in [0.05, 0.1) is 11.0 Å². The fraction of sp³-hybridized carbons (Fsp3) is 0. The number of thiophene rings is 1. The third-order valence-electron chi connectivity index (χ3n) is 9.98. The maximum absolute atomic E-state index is 2.40. The van der Waals surface area contributed by atoms with Crippen LogP contribution in [0.1, 0.15) is 0 Å². The molecule has 0 aliphatic heterocycles. The number of nitrogens with zero attached hydrogens (tertiary/aromatic N) is 2. The summed E-state index contributed by atoms with van der Waals surface area (Å²) >= 11 is 1.86. The van der Waals surface area contributed by atoms with E-state index < -0.39 is 0 Å². The number of anilines is 3. The van der Waals surface area contributed by atoms with Gasteiger partial charge in [-0.15, -0.1) is 11.3 Å². The Hall–Kier alpha value is -6.42. The molecule has 0 unspecified atom stereocenters. The molecule has 2 aromatic heterocycles. The minimum atomic E-state index is 1.11. The molecule has 0 saturated carbocycles. The molecular weight excluding hydrogens is 637 g/mol. The summed E-state index contributed by atoms with van der Waals surface area (Å²) in [6.07, 6.45) is 0. The summed E-state index contributed by atoms with van der Waals surface area (Å²) < 4.78 is 5.05. The van der Waals surface area contributed by atoms with Crippen LogP contribution >= 0.6 is 11.3 Å². The molecule has 0 saturated heterocycles. The van der Waals surface area contributed by atoms with Crippen LogP contribution in [0, 0.1) is 0 Å². The quantitative estimate of drug-likeness (QED) is 0.171. The minimum absolute atomic E-state index is 1.11. The molecule has 0 amide bonds. The van der Waals surface area contributed by atoms with Gasteiger partial charge in [-0.1, -0.05) is 121 Å². The number of hydrogen-bond donors (Lipinski definition) is 0. The van der Waals surface area contributed by atoms with Crippen molar-refractivity contribution in [1.29, 1.82) is 0 Å². The molecule has 0 aliphatic carbocycles. The lowest BCUT2D eigenvalue weighted by Gasteiger charge is -2.26. The van der Waals surface area contributed by atoms with E-state index in [1.54, 1.807) is 0 Å². The highest BCUT2D eigenvalue weighted by molar-refractivity contribution is 7.25. The lowest BCUT2D eigenvalue weighted by Crippen LogP contribution is -2.09. The third kappa shape index (κ3) is 5.01. The second kappa shape index (κ2) is 12.2. The molecule has 2 nitrogen and oxygen atoms in total. The first-order chi connectivity index (χ1) is 25.3. The van der Waals surface area contributed by atoms with Crippen molar-refractivity contribution in [1.82, 2.24) is 4.57 Å². The SMILES string of the molecule is c1ccc(-c2cccc3c2c2cc(N(c4ccccc4)c4ccc(-c5ccc6c(c5)sc5ccccc56)cc4)ccc2n3-c2ccccc2)cc1. The number of hydrogen-bond acceptors (Lipinski definition) is 2. The smallest absolute Gasteiger partial charge is 0.0547 e. The van der Waals surface area contributed by atoms with Gasteiger partial charge >= 0.3 is 0 Å². The molecule has 0 atom stereocenters. The molecule has 0 N–H and O–H groups in total. The predicted octanol–water partition coefficient (Wildman–Crippen LogP) is 14.0. The summed E-state index contributed by atoms with van der Waals surface area (Å²) in [6.45, 7) is 0. The van der Waals surface area contributed by atoms with E-state index in [1.165, 1.54) is 64.2 Å². The molecule has 8 aromatic carbocycles. The van der Waals surface area contributed by atoms with Crippen molar-refractivity contribution in [3.05, 3.63) is 194 Å². The Bertz CT molecular complexity index is 2830. The van der Waals surface area contributed by atoms with E-state index in [-0.39, 0.29) is 0 Å². The Balaban J connectivity index is 1.14. The maximum atomic E-state index is 2.40. The molecule has 10 rings (SSSR count). The van der Waals surface area contributed by atoms with Gasteiger partial charge in [-0.05, 0) is 95.1 Å². The van der Waals surface area contributed by atoms with Crippen LogP contribution in [0.25, 0.3) is 69.9 Å². The van der Waals surface area contributed by atoms with Crippen LogP contribution in [0.4, 0.5) is 17.1 Å². The second-order valence-corrected chi connectivity index (χ2v) is 14.0. The number of para-hydroxylation sites is 2. The van der Waals surface area contributed by atoms with Gasteiger partial charge in [0.2, 0.25) is 0 Å². The highest BCUT2D eigenvalue weighted by Crippen LogP contribution is 2.43. The minimum Gasteiger partial charge on any atom is -0.310 e. The van der Waals surface area contributed by atoms with E-state index in [4.69, 9.17) is 0 Å². The topological polar surface area (TPSA) is 8.17 Å². The Morgan fingerprint density at radius 2 is 1.02 bits per heavy atom. The second-order valence-electron chi connectivity index (χ2n) is 13.0. The lowest BCUT2D eigenvalue weighted by atomic mass is 9.99. The largest absolute Gasteiger partial charge is 0.310 e. The van der Waals surface area contributed by atoms with Gasteiger partial charge in [-0.2, -0.15) is 0 Å². The van der Waals surface area contributed by atoms with E-state index in [1.807, 2.05) is 11.3 Å². The van der Waals surface area contributed by atoms with Crippen molar-refractivity contribution < 1.29 is 0 Å². The average molecular weight is 669 g/mol. The van der Waals surface area contributed by atoms with Crippen molar-refractivity contribution in [2.45, 2.75) is 0 Å². The van der Waals surface area contributed by atoms with Crippen LogP contribution in [0.5, 0.6) is 0 Å². The van der Waals surface area contributed by atoms with Crippen LogP contribution in [-0.2, 0) is 0 Å². The third-order valence-corrected chi connectivity index (χ3v) is 11.1. The number of fused-ring (bicyclic) bond motifs is 6. The fourth-order valence-electron chi connectivity index (χ4n) is 7.64. The molecule has 0 aliphatic rings. The number of benzene rings is 8. The molecule has 2 heterocycles. The van der Waals surface area contributed by atoms with Crippen LogP contribution in [0.3, 0.4) is 0 Å². The summed E-state index contributed by atoms with van der Waals surface area (Å²) in [5, 5.41) is 5.13. The van der Waals surface area contributed by atoms with E-state index in [2.05, 4.69) is 204 Å². The lowest BCUT2D eigenvalue weighted by molar-refractivity contribution is 1.18. The van der Waals surface area contributed by atoms with Gasteiger partial charge in [-0.3, -0.25) is 0 Å². The fourth-order valence-corrected chi connectivity index (χ4v) is 8.79. The Morgan fingerprint density at radius 3 is 1.82 bits per heavy atom. The normalized spacial score (nSPS) is 11.5. The first-order valence-corrected chi connectivity index (χ1v) is 18.2. The van der Waals surface area contributed by atoms with Crippen LogP contribution < -0.4 is 4.90 Å². The van der Waals surface area contributed by atoms with Gasteiger partial charge < -0.3 is 9.47 Å². The zero-order valence-corrected chi connectivity index (χ0v) is 28.6. The van der Waals surface area contributed by atoms with Gasteiger partial charge in [-0.25, -0.2) is 0 Å². The summed E-state index contributed by atoms with van der Waals surface area (Å²) in [5.41, 5.74) is 11.8. The van der Waals surface area contributed by atoms with E-state index in [9.17, 15) is 0 Å². The molecule has 0 fully saturated rings. The van der Waals surface area contributed by atoms with Crippen LogP contribution in [0.15, 0.2) is 194 Å². The monoisotopic (exact) mass is 668 g/mol. The highest BCUT2D eigenvalue weighted by Gasteiger charge is 2.19. The van der Waals surface area contributed by atoms with Crippen molar-refractivity contribution >= 4 is 70.4 Å². The maximum Gasteiger partial charge on any atom is 0.0547 e. The standard InChI is InChI=1S/C48H32N2S/c1-4-13-34(14-5-1)40-20-12-21-45-48(40)43-32-39(28-30-44(43)50(45)37-17-8-3-9-18-37)49(36-15-6-2-7-16-36)38-26-23-33(24-27-38)35-25-29-42-41-19-10-11-22-46(41)51-47(42)31-35/h1-32H. The molecule has 0 bridgehead atoms. The van der Waals surface area contributed by atoms with Crippen molar-refractivity contribution in [2.75, 3.05) is 4.90 Å². The van der Waals surface area contributed by atoms with E-state index in [0.717, 1.165) is 22.7 Å². The van der Waals surface area contributed by atoms with Crippen molar-refractivity contribution in [3.8, 4) is 27.9 Å². The number of aromatic nitrogens is 1. The summed E-state index contributed by atoms with van der Waals surface area (Å²) in [4.78, 5) is 2.37. The highest BCUT2D eigenvalue weighted by atomic mass is 32.1. The van der Waals surface area contributed by atoms with E-state index >= 15 is 0 Å². The van der Waals surface area contributed by atoms with Gasteiger partial charge in [0.15, 0.2) is 0 Å². The van der Waals surface area contributed by atoms with E-state index in [0.29, 0.717) is 0 Å². The molecule has 10 aromatic rings. The van der Waals surface area contributed by atoms with Gasteiger partial charge in [0.1, 0.15) is 0 Å². The number of rotatable bonds is 6. The molecule has 51 heavy (non-hydrogen) atoms. The predicted molar refractivity (Wildman–Crippen MR) is 219 cm³/mol. The van der Waals surface area contributed by atoms with Gasteiger partial charge in [0, 0.05) is 53.7 Å².